The quantitative estimate of drug-likeness (QED) is 0.124. The van der Waals surface area contributed by atoms with Gasteiger partial charge in [-0.15, -0.1) is 0 Å². The van der Waals surface area contributed by atoms with Crippen LogP contribution in [0, 0.1) is 19.7 Å². The Bertz CT molecular complexity index is 3110. The van der Waals surface area contributed by atoms with Crippen molar-refractivity contribution < 1.29 is 18.1 Å². The van der Waals surface area contributed by atoms with Gasteiger partial charge in [0.1, 0.15) is 28.7 Å². The van der Waals surface area contributed by atoms with Crippen molar-refractivity contribution >= 4 is 49.6 Å². The molecule has 0 bridgehead atoms. The zero-order valence-electron chi connectivity index (χ0n) is 35.3. The zero-order valence-corrected chi connectivity index (χ0v) is 36.9. The van der Waals surface area contributed by atoms with E-state index in [1.54, 1.807) is 67.5 Å². The summed E-state index contributed by atoms with van der Waals surface area (Å²) in [7, 11) is -2.48. The molecule has 326 valence electrons. The number of rotatable bonds is 8. The molecule has 14 nitrogen and oxygen atoms in total. The highest BCUT2D eigenvalue weighted by atomic mass is 32.2. The van der Waals surface area contributed by atoms with E-state index in [-0.39, 0.29) is 22.4 Å². The van der Waals surface area contributed by atoms with E-state index in [1.165, 1.54) is 14.7 Å². The Hall–Kier alpha value is -5.91. The summed E-state index contributed by atoms with van der Waals surface area (Å²) < 4.78 is 47.8. The van der Waals surface area contributed by atoms with E-state index in [1.807, 2.05) is 13.0 Å². The second-order valence-corrected chi connectivity index (χ2v) is 20.3. The van der Waals surface area contributed by atoms with Crippen molar-refractivity contribution in [2.24, 2.45) is 15.1 Å². The third-order valence-electron chi connectivity index (χ3n) is 13.1. The standard InChI is InChI=1S/C46H48FN9O5S2/c1-27-23-33(24-28(2)40(27)47)50-41(55-19-18-54(45(55)59)34-6-8-35(9-7-34)63(60)22-4-16-49-63)39-29(3)53(17-11-36(39)48)42(57)38-26-32-25-31(30-12-20-61-21-13-30)5-10-37(32)56(38)46(14-15-46)43-51-44(58)62-52-43/h5-10,18-19,23-26,29-30H,4,11-17,20-22,48H2,1-3H3,(H,51,52,58)/t29-,63+/m0/s1. The molecule has 63 heavy (non-hydrogen) atoms. The number of nitrogens with zero attached hydrogens (tertiary/aromatic N) is 7. The number of aliphatic imine (C=N–C) groups is 1. The summed E-state index contributed by atoms with van der Waals surface area (Å²) in [6.07, 6.45) is 7.53. The predicted octanol–water partition coefficient (Wildman–Crippen LogP) is 6.88. The molecule has 4 aliphatic rings. The highest BCUT2D eigenvalue weighted by molar-refractivity contribution is 7.93. The van der Waals surface area contributed by atoms with Crippen LogP contribution in [0.15, 0.2) is 108 Å². The number of carbonyl (C=O) groups is 1. The fraction of sp³-hybridized carbons (Fsp3) is 0.370. The molecule has 6 aromatic rings. The van der Waals surface area contributed by atoms with Crippen LogP contribution in [-0.2, 0) is 20.0 Å². The smallest absolute Gasteiger partial charge is 0.338 e. The summed E-state index contributed by atoms with van der Waals surface area (Å²) in [5.74, 6) is 1.00. The Morgan fingerprint density at radius 1 is 1.03 bits per heavy atom. The van der Waals surface area contributed by atoms with Crippen molar-refractivity contribution in [2.45, 2.75) is 81.7 Å². The minimum Gasteiger partial charge on any atom is -0.402 e. The van der Waals surface area contributed by atoms with Crippen molar-refractivity contribution in [1.29, 1.82) is 0 Å². The minimum atomic E-state index is -2.48. The molecule has 6 heterocycles. The van der Waals surface area contributed by atoms with E-state index in [9.17, 15) is 18.2 Å². The van der Waals surface area contributed by atoms with Gasteiger partial charge in [-0.1, -0.05) is 6.07 Å². The molecule has 1 aliphatic carbocycles. The van der Waals surface area contributed by atoms with Crippen molar-refractivity contribution in [3.05, 3.63) is 139 Å². The molecule has 1 saturated heterocycles. The number of hydrogen-bond donors (Lipinski definition) is 2. The SMILES string of the molecule is Cc1cc(N=C(C2=C(N)CCN(C(=O)c3cc4cc(C5CCOCC5)ccc4n3C3(c4nsc(=O)[nH]4)CC3)[C@H]2C)n2ccn(-c3ccc([S@@]4(=O)=NCCC4)cc3)c2=O)cc(C)c1F. The highest BCUT2D eigenvalue weighted by Gasteiger charge is 2.52. The fourth-order valence-electron chi connectivity index (χ4n) is 9.64. The number of nitrogens with two attached hydrogens (primary N) is 1. The normalized spacial score (nSPS) is 21.6. The monoisotopic (exact) mass is 889 g/mol. The number of aromatic nitrogens is 5. The third kappa shape index (κ3) is 7.09. The van der Waals surface area contributed by atoms with Crippen molar-refractivity contribution in [3.63, 3.8) is 0 Å². The van der Waals surface area contributed by atoms with E-state index >= 15 is 4.79 Å². The zero-order chi connectivity index (χ0) is 43.8. The Morgan fingerprint density at radius 2 is 1.78 bits per heavy atom. The minimum absolute atomic E-state index is 0.205. The van der Waals surface area contributed by atoms with Crippen LogP contribution in [0.25, 0.3) is 16.6 Å². The van der Waals surface area contributed by atoms with Crippen LogP contribution in [-0.4, -0.2) is 82.0 Å². The van der Waals surface area contributed by atoms with Gasteiger partial charge in [-0.3, -0.25) is 23.7 Å². The molecule has 2 fully saturated rings. The van der Waals surface area contributed by atoms with Crippen LogP contribution in [0.5, 0.6) is 0 Å². The second-order valence-electron chi connectivity index (χ2n) is 17.1. The Balaban J connectivity index is 1.07. The first kappa shape index (κ1) is 41.1. The van der Waals surface area contributed by atoms with E-state index in [2.05, 4.69) is 36.5 Å². The number of hydrogen-bond acceptors (Lipinski definition) is 10. The van der Waals surface area contributed by atoms with Gasteiger partial charge in [-0.05, 0) is 130 Å². The lowest BCUT2D eigenvalue weighted by Crippen LogP contribution is -2.48. The van der Waals surface area contributed by atoms with E-state index in [4.69, 9.17) is 15.5 Å². The molecule has 1 amide bonds. The number of carbonyl (C=O) groups excluding carboxylic acids is 1. The lowest BCUT2D eigenvalue weighted by molar-refractivity contribution is 0.0697. The third-order valence-corrected chi connectivity index (χ3v) is 16.1. The van der Waals surface area contributed by atoms with E-state index in [0.29, 0.717) is 107 Å². The number of aromatic amines is 1. The summed E-state index contributed by atoms with van der Waals surface area (Å²) in [6, 6.07) is 17.9. The van der Waals surface area contributed by atoms with Gasteiger partial charge in [0, 0.05) is 89.5 Å². The van der Waals surface area contributed by atoms with Crippen LogP contribution >= 0.6 is 11.5 Å². The topological polar surface area (TPSA) is 175 Å². The van der Waals surface area contributed by atoms with Crippen LogP contribution in [0.3, 0.4) is 0 Å². The summed E-state index contributed by atoms with van der Waals surface area (Å²) in [5, 5.41) is 0.917. The molecule has 1 saturated carbocycles. The summed E-state index contributed by atoms with van der Waals surface area (Å²) in [5.41, 5.74) is 11.0. The molecule has 0 spiro atoms. The van der Waals surface area contributed by atoms with Gasteiger partial charge in [0.05, 0.1) is 27.1 Å². The van der Waals surface area contributed by atoms with Gasteiger partial charge in [0.2, 0.25) is 0 Å². The molecule has 3 aromatic carbocycles. The van der Waals surface area contributed by atoms with Gasteiger partial charge in [-0.25, -0.2) is 22.7 Å². The second kappa shape index (κ2) is 15.7. The maximum Gasteiger partial charge on any atom is 0.338 e. The number of fused-ring (bicyclic) bond motifs is 1. The molecular formula is C46H48FN9O5S2. The number of aryl methyl sites for hydroxylation is 2. The van der Waals surface area contributed by atoms with E-state index in [0.717, 1.165) is 41.7 Å². The first-order chi connectivity index (χ1) is 30.3. The Labute approximate surface area is 367 Å². The molecule has 3 aliphatic heterocycles. The molecule has 2 atom stereocenters. The van der Waals surface area contributed by atoms with Crippen LogP contribution in [0.2, 0.25) is 0 Å². The van der Waals surface area contributed by atoms with E-state index < -0.39 is 27.0 Å². The van der Waals surface area contributed by atoms with Crippen molar-refractivity contribution in [3.8, 4) is 5.69 Å². The molecule has 3 N–H and O–H groups in total. The van der Waals surface area contributed by atoms with Gasteiger partial charge >= 0.3 is 10.6 Å². The maximum absolute atomic E-state index is 15.4. The number of benzene rings is 3. The number of imidazole rings is 1. The molecule has 3 aromatic heterocycles. The first-order valence-electron chi connectivity index (χ1n) is 21.4. The Kier molecular flexibility index (Phi) is 10.3. The molecule has 10 rings (SSSR count). The van der Waals surface area contributed by atoms with Gasteiger partial charge < -0.3 is 19.9 Å². The Morgan fingerprint density at radius 3 is 2.44 bits per heavy atom. The van der Waals surface area contributed by atoms with Crippen LogP contribution in [0.1, 0.15) is 84.4 Å². The largest absolute Gasteiger partial charge is 0.402 e. The van der Waals surface area contributed by atoms with Gasteiger partial charge in [0.25, 0.3) is 5.91 Å². The first-order valence-corrected chi connectivity index (χ1v) is 23.9. The number of amides is 1. The molecule has 0 unspecified atom stereocenters. The summed E-state index contributed by atoms with van der Waals surface area (Å²) in [4.78, 5) is 52.5. The maximum atomic E-state index is 15.4. The average Bonchev–Trinajstić information content (AvgIpc) is 3.62. The number of ether oxygens (including phenoxy) is 1. The van der Waals surface area contributed by atoms with Crippen molar-refractivity contribution in [1.82, 2.24) is 28.0 Å². The molecular weight excluding hydrogens is 842 g/mol. The lowest BCUT2D eigenvalue weighted by atomic mass is 9.91. The highest BCUT2D eigenvalue weighted by Crippen LogP contribution is 2.51. The predicted molar refractivity (Wildman–Crippen MR) is 242 cm³/mol. The van der Waals surface area contributed by atoms with Crippen molar-refractivity contribution in [2.75, 3.05) is 32.1 Å². The molecule has 17 heteroatoms. The van der Waals surface area contributed by atoms with Gasteiger partial charge in [0.15, 0.2) is 0 Å². The van der Waals surface area contributed by atoms with Crippen LogP contribution in [0.4, 0.5) is 10.1 Å². The lowest BCUT2D eigenvalue weighted by Gasteiger charge is -2.37. The number of nitrogens with one attached hydrogen (secondary N) is 1. The van der Waals surface area contributed by atoms with Gasteiger partial charge in [-0.2, -0.15) is 4.37 Å². The number of H-pyrrole nitrogens is 1. The average molecular weight is 890 g/mol. The molecule has 0 radical (unpaired) electrons. The fourth-order valence-corrected chi connectivity index (χ4v) is 12.2. The number of halogens is 1. The summed E-state index contributed by atoms with van der Waals surface area (Å²) in [6.45, 7) is 7.48. The van der Waals surface area contributed by atoms with Crippen LogP contribution < -0.4 is 16.3 Å². The summed E-state index contributed by atoms with van der Waals surface area (Å²) >= 11 is 0.869.